The molecule has 132 valence electrons. The van der Waals surface area contributed by atoms with E-state index in [1.54, 1.807) is 48.2 Å². The average Bonchev–Trinajstić information content (AvgIpc) is 2.99. The summed E-state index contributed by atoms with van der Waals surface area (Å²) in [6.07, 6.45) is -0.802. The van der Waals surface area contributed by atoms with E-state index in [4.69, 9.17) is 9.15 Å². The van der Waals surface area contributed by atoms with Gasteiger partial charge in [-0.05, 0) is 30.3 Å². The maximum absolute atomic E-state index is 12.7. The summed E-state index contributed by atoms with van der Waals surface area (Å²) in [5, 5.41) is 2.82. The molecule has 0 bridgehead atoms. The number of rotatable bonds is 2. The molecule has 0 unspecified atom stereocenters. The lowest BCUT2D eigenvalue weighted by molar-refractivity contribution is -0.123. The second kappa shape index (κ2) is 6.18. The van der Waals surface area contributed by atoms with Gasteiger partial charge in [0.05, 0.1) is 12.2 Å². The second-order valence-electron chi connectivity index (χ2n) is 6.11. The molecule has 0 spiro atoms. The van der Waals surface area contributed by atoms with Crippen LogP contribution in [-0.4, -0.2) is 29.4 Å². The molecule has 7 heteroatoms. The number of para-hydroxylation sites is 2. The predicted molar refractivity (Wildman–Crippen MR) is 96.3 cm³/mol. The van der Waals surface area contributed by atoms with E-state index < -0.39 is 6.10 Å². The summed E-state index contributed by atoms with van der Waals surface area (Å²) in [6.45, 7) is 3.39. The third-order valence-corrected chi connectivity index (χ3v) is 4.21. The molecule has 1 aliphatic heterocycles. The Morgan fingerprint density at radius 2 is 2.04 bits per heavy atom. The van der Waals surface area contributed by atoms with E-state index in [0.717, 1.165) is 0 Å². The highest BCUT2D eigenvalue weighted by molar-refractivity contribution is 6.00. The van der Waals surface area contributed by atoms with Crippen LogP contribution in [0.15, 0.2) is 46.9 Å². The monoisotopic (exact) mass is 351 g/mol. The smallest absolute Gasteiger partial charge is 0.267 e. The quantitative estimate of drug-likeness (QED) is 0.767. The largest absolute Gasteiger partial charge is 0.476 e. The number of benzene rings is 2. The van der Waals surface area contributed by atoms with E-state index in [9.17, 15) is 9.59 Å². The number of hydrogen-bond acceptors (Lipinski definition) is 5. The van der Waals surface area contributed by atoms with Crippen molar-refractivity contribution in [1.29, 1.82) is 0 Å². The van der Waals surface area contributed by atoms with Crippen molar-refractivity contribution in [2.45, 2.75) is 20.0 Å². The van der Waals surface area contributed by atoms with E-state index >= 15 is 0 Å². The Morgan fingerprint density at radius 1 is 1.23 bits per heavy atom. The Morgan fingerprint density at radius 3 is 2.85 bits per heavy atom. The number of carbonyl (C=O) groups is 2. The molecule has 4 rings (SSSR count). The maximum Gasteiger partial charge on any atom is 0.267 e. The van der Waals surface area contributed by atoms with Crippen LogP contribution in [0.3, 0.4) is 0 Å². The molecule has 0 radical (unpaired) electrons. The number of nitrogens with one attached hydrogen (secondary N) is 1. The van der Waals surface area contributed by atoms with E-state index in [-0.39, 0.29) is 18.4 Å². The van der Waals surface area contributed by atoms with E-state index in [1.165, 1.54) is 6.92 Å². The fourth-order valence-corrected chi connectivity index (χ4v) is 3.01. The molecule has 0 fully saturated rings. The number of ether oxygens (including phenoxy) is 1. The number of amides is 2. The Labute approximate surface area is 149 Å². The van der Waals surface area contributed by atoms with Crippen molar-refractivity contribution < 1.29 is 18.7 Å². The Kier molecular flexibility index (Phi) is 3.84. The molecule has 2 heterocycles. The summed E-state index contributed by atoms with van der Waals surface area (Å²) in [4.78, 5) is 30.4. The van der Waals surface area contributed by atoms with Crippen molar-refractivity contribution in [2.24, 2.45) is 0 Å². The predicted octanol–water partition coefficient (Wildman–Crippen LogP) is 2.89. The fraction of sp³-hybridized carbons (Fsp3) is 0.211. The number of aromatic nitrogens is 1. The molecule has 2 amide bonds. The van der Waals surface area contributed by atoms with Crippen molar-refractivity contribution in [1.82, 2.24) is 4.98 Å². The molecule has 2 aromatic carbocycles. The minimum atomic E-state index is -0.802. The third kappa shape index (κ3) is 2.88. The van der Waals surface area contributed by atoms with Gasteiger partial charge in [0.2, 0.25) is 5.91 Å². The van der Waals surface area contributed by atoms with Gasteiger partial charge in [0, 0.05) is 19.5 Å². The molecule has 26 heavy (non-hydrogen) atoms. The average molecular weight is 351 g/mol. The lowest BCUT2D eigenvalue weighted by atomic mass is 10.1. The van der Waals surface area contributed by atoms with Crippen molar-refractivity contribution in [3.63, 3.8) is 0 Å². The molecule has 3 aromatic rings. The number of fused-ring (bicyclic) bond motifs is 2. The van der Waals surface area contributed by atoms with Crippen LogP contribution in [0, 0.1) is 6.92 Å². The summed E-state index contributed by atoms with van der Waals surface area (Å²) in [6, 6.07) is 12.4. The first-order chi connectivity index (χ1) is 12.5. The minimum absolute atomic E-state index is 0.141. The van der Waals surface area contributed by atoms with Crippen LogP contribution in [0.1, 0.15) is 12.8 Å². The molecule has 0 saturated heterocycles. The zero-order valence-electron chi connectivity index (χ0n) is 14.4. The van der Waals surface area contributed by atoms with Crippen molar-refractivity contribution in [3.05, 3.63) is 48.4 Å². The first-order valence-corrected chi connectivity index (χ1v) is 8.23. The van der Waals surface area contributed by atoms with E-state index in [2.05, 4.69) is 10.3 Å². The summed E-state index contributed by atoms with van der Waals surface area (Å²) < 4.78 is 11.2. The van der Waals surface area contributed by atoms with Crippen molar-refractivity contribution in [2.75, 3.05) is 16.8 Å². The van der Waals surface area contributed by atoms with Gasteiger partial charge in [-0.25, -0.2) is 4.98 Å². The fourth-order valence-electron chi connectivity index (χ4n) is 3.01. The molecular formula is C19H17N3O4. The lowest BCUT2D eigenvalue weighted by Crippen LogP contribution is -2.48. The van der Waals surface area contributed by atoms with Crippen LogP contribution in [0.5, 0.6) is 5.75 Å². The molecule has 1 atom stereocenters. The van der Waals surface area contributed by atoms with Gasteiger partial charge in [0.15, 0.2) is 17.6 Å². The number of aryl methyl sites for hydroxylation is 1. The molecule has 1 N–H and O–H groups in total. The van der Waals surface area contributed by atoms with Gasteiger partial charge in [-0.3, -0.25) is 9.59 Å². The summed E-state index contributed by atoms with van der Waals surface area (Å²) in [5.74, 6) is 0.604. The molecule has 7 nitrogen and oxygen atoms in total. The van der Waals surface area contributed by atoms with Gasteiger partial charge in [-0.15, -0.1) is 0 Å². The van der Waals surface area contributed by atoms with Gasteiger partial charge in [0.1, 0.15) is 11.3 Å². The van der Waals surface area contributed by atoms with E-state index in [1.807, 2.05) is 6.07 Å². The number of nitrogens with zero attached hydrogens (tertiary/aromatic N) is 2. The highest BCUT2D eigenvalue weighted by Gasteiger charge is 2.32. The zero-order valence-corrected chi connectivity index (χ0v) is 14.4. The van der Waals surface area contributed by atoms with Gasteiger partial charge in [-0.2, -0.15) is 0 Å². The minimum Gasteiger partial charge on any atom is -0.476 e. The SMILES string of the molecule is CC(=O)N1C[C@@H](C(=O)Nc2ccc3oc(C)nc3c2)Oc2ccccc21. The first kappa shape index (κ1) is 16.1. The number of anilines is 2. The van der Waals surface area contributed by atoms with Gasteiger partial charge in [-0.1, -0.05) is 12.1 Å². The summed E-state index contributed by atoms with van der Waals surface area (Å²) in [7, 11) is 0. The lowest BCUT2D eigenvalue weighted by Gasteiger charge is -2.33. The standard InChI is InChI=1S/C19H17N3O4/c1-11-20-14-9-13(7-8-16(14)25-11)21-19(24)18-10-22(12(2)23)15-5-3-4-6-17(15)26-18/h3-9,18H,10H2,1-2H3,(H,21,24)/t18-/m0/s1. The van der Waals surface area contributed by atoms with E-state index in [0.29, 0.717) is 34.1 Å². The molecule has 1 aromatic heterocycles. The Hall–Kier alpha value is -3.35. The topological polar surface area (TPSA) is 84.7 Å². The molecule has 1 aliphatic rings. The van der Waals surface area contributed by atoms with Crippen LogP contribution in [-0.2, 0) is 9.59 Å². The normalized spacial score (nSPS) is 16.1. The van der Waals surface area contributed by atoms with Crippen molar-refractivity contribution >= 4 is 34.3 Å². The highest BCUT2D eigenvalue weighted by Crippen LogP contribution is 2.33. The van der Waals surface area contributed by atoms with Crippen molar-refractivity contribution in [3.8, 4) is 5.75 Å². The summed E-state index contributed by atoms with van der Waals surface area (Å²) in [5.41, 5.74) is 2.59. The highest BCUT2D eigenvalue weighted by atomic mass is 16.5. The molecule has 0 saturated carbocycles. The molecule has 0 aliphatic carbocycles. The van der Waals surface area contributed by atoms with Gasteiger partial charge < -0.3 is 19.4 Å². The summed E-state index contributed by atoms with van der Waals surface area (Å²) >= 11 is 0. The van der Waals surface area contributed by atoms with Crippen LogP contribution >= 0.6 is 0 Å². The maximum atomic E-state index is 12.7. The number of oxazole rings is 1. The Balaban J connectivity index is 1.56. The Bertz CT molecular complexity index is 1010. The first-order valence-electron chi connectivity index (χ1n) is 8.23. The van der Waals surface area contributed by atoms with Crippen LogP contribution < -0.4 is 15.0 Å². The van der Waals surface area contributed by atoms with Crippen LogP contribution in [0.25, 0.3) is 11.1 Å². The molecular weight excluding hydrogens is 334 g/mol. The number of hydrogen-bond donors (Lipinski definition) is 1. The van der Waals surface area contributed by atoms with Crippen LogP contribution in [0.2, 0.25) is 0 Å². The zero-order chi connectivity index (χ0) is 18.3. The van der Waals surface area contributed by atoms with Gasteiger partial charge in [0.25, 0.3) is 5.91 Å². The number of carbonyl (C=O) groups excluding carboxylic acids is 2. The second-order valence-corrected chi connectivity index (χ2v) is 6.11. The van der Waals surface area contributed by atoms with Crippen LogP contribution in [0.4, 0.5) is 11.4 Å². The van der Waals surface area contributed by atoms with Gasteiger partial charge >= 0.3 is 0 Å². The third-order valence-electron chi connectivity index (χ3n) is 4.21.